The van der Waals surface area contributed by atoms with Gasteiger partial charge < -0.3 is 24.1 Å². The summed E-state index contributed by atoms with van der Waals surface area (Å²) in [5.74, 6) is 0.0178. The number of carbonyl (C=O) groups is 2. The van der Waals surface area contributed by atoms with Crippen LogP contribution < -0.4 is 9.47 Å². The number of methoxy groups -OCH3 is 2. The largest absolute Gasteiger partial charge is 0.497 e. The van der Waals surface area contributed by atoms with E-state index < -0.39 is 36.0 Å². The van der Waals surface area contributed by atoms with Gasteiger partial charge in [-0.2, -0.15) is 0 Å². The Labute approximate surface area is 171 Å². The molecule has 2 rings (SSSR count). The molecule has 1 amide bonds. The van der Waals surface area contributed by atoms with Gasteiger partial charge in [0.1, 0.15) is 17.1 Å². The first-order chi connectivity index (χ1) is 13.5. The Morgan fingerprint density at radius 2 is 1.86 bits per heavy atom. The number of aliphatic carboxylic acids is 1. The normalized spacial score (nSPS) is 21.9. The van der Waals surface area contributed by atoms with Gasteiger partial charge in [0.25, 0.3) is 0 Å². The van der Waals surface area contributed by atoms with Crippen molar-refractivity contribution in [2.45, 2.75) is 65.0 Å². The number of hydrogen-bond donors (Lipinski definition) is 1. The Morgan fingerprint density at radius 3 is 2.34 bits per heavy atom. The number of nitrogens with zero attached hydrogens (tertiary/aromatic N) is 1. The van der Waals surface area contributed by atoms with Crippen LogP contribution in [0.3, 0.4) is 0 Å². The van der Waals surface area contributed by atoms with Crippen LogP contribution in [0.25, 0.3) is 0 Å². The Morgan fingerprint density at radius 1 is 1.21 bits per heavy atom. The maximum Gasteiger partial charge on any atom is 0.413 e. The number of carboxylic acid groups (broad SMARTS) is 1. The third kappa shape index (κ3) is 5.32. The zero-order chi connectivity index (χ0) is 21.9. The minimum absolute atomic E-state index is 0.145. The first kappa shape index (κ1) is 22.8. The van der Waals surface area contributed by atoms with E-state index in [0.717, 1.165) is 0 Å². The van der Waals surface area contributed by atoms with Crippen LogP contribution in [0.2, 0.25) is 0 Å². The van der Waals surface area contributed by atoms with Crippen molar-refractivity contribution >= 4 is 12.1 Å². The van der Waals surface area contributed by atoms with E-state index in [9.17, 15) is 14.7 Å². The van der Waals surface area contributed by atoms with E-state index in [1.165, 1.54) is 19.1 Å². The first-order valence-electron chi connectivity index (χ1n) is 9.60. The third-order valence-corrected chi connectivity index (χ3v) is 4.50. The van der Waals surface area contributed by atoms with Gasteiger partial charge in [-0.25, -0.2) is 9.59 Å². The number of carbonyl (C=O) groups excluding carboxylic acids is 1. The van der Waals surface area contributed by atoms with Gasteiger partial charge in [0.15, 0.2) is 12.3 Å². The summed E-state index contributed by atoms with van der Waals surface area (Å²) >= 11 is 0. The average Bonchev–Trinajstić information content (AvgIpc) is 2.98. The van der Waals surface area contributed by atoms with Crippen molar-refractivity contribution in [1.29, 1.82) is 0 Å². The van der Waals surface area contributed by atoms with E-state index in [1.54, 1.807) is 39.0 Å². The summed E-state index contributed by atoms with van der Waals surface area (Å²) in [5, 5.41) is 9.75. The quantitative estimate of drug-likeness (QED) is 0.763. The fourth-order valence-corrected chi connectivity index (χ4v) is 3.35. The van der Waals surface area contributed by atoms with Gasteiger partial charge in [0.05, 0.1) is 20.3 Å². The molecule has 0 aromatic heterocycles. The van der Waals surface area contributed by atoms with Crippen LogP contribution >= 0.6 is 0 Å². The lowest BCUT2D eigenvalue weighted by Gasteiger charge is -2.32. The minimum atomic E-state index is -1.18. The van der Waals surface area contributed by atoms with E-state index >= 15 is 0 Å². The molecule has 1 aliphatic rings. The van der Waals surface area contributed by atoms with Gasteiger partial charge in [-0.3, -0.25) is 4.90 Å². The van der Waals surface area contributed by atoms with Crippen molar-refractivity contribution in [1.82, 2.24) is 4.90 Å². The molecule has 0 saturated carbocycles. The summed E-state index contributed by atoms with van der Waals surface area (Å²) in [5.41, 5.74) is -0.216. The van der Waals surface area contributed by atoms with E-state index in [0.29, 0.717) is 23.5 Å². The second kappa shape index (κ2) is 8.90. The maximum absolute atomic E-state index is 13.1. The summed E-state index contributed by atoms with van der Waals surface area (Å²) in [4.78, 5) is 26.4. The number of rotatable bonds is 6. The number of carboxylic acids is 1. The molecular weight excluding hydrogens is 378 g/mol. The van der Waals surface area contributed by atoms with E-state index in [-0.39, 0.29) is 5.92 Å². The van der Waals surface area contributed by atoms with Crippen LogP contribution in [0, 0.1) is 5.92 Å². The molecule has 1 heterocycles. The van der Waals surface area contributed by atoms with Crippen LogP contribution in [0.15, 0.2) is 18.2 Å². The van der Waals surface area contributed by atoms with Gasteiger partial charge in [0, 0.05) is 11.6 Å². The fraction of sp³-hybridized carbons (Fsp3) is 0.619. The molecule has 0 spiro atoms. The molecule has 1 fully saturated rings. The molecule has 1 aromatic carbocycles. The Kier molecular flexibility index (Phi) is 7.00. The van der Waals surface area contributed by atoms with E-state index in [4.69, 9.17) is 18.9 Å². The predicted molar refractivity (Wildman–Crippen MR) is 106 cm³/mol. The highest BCUT2D eigenvalue weighted by Gasteiger charge is 2.51. The maximum atomic E-state index is 13.1. The SMILES string of the molecule is COc1ccc(C2O[C@@H](C(=O)O)[C@@H](CC(C)C)N2C(=O)OC(C)(C)C)c(OC)c1. The van der Waals surface area contributed by atoms with Crippen molar-refractivity contribution in [2.75, 3.05) is 14.2 Å². The van der Waals surface area contributed by atoms with Crippen LogP contribution in [0.1, 0.15) is 52.8 Å². The first-order valence-corrected chi connectivity index (χ1v) is 9.60. The smallest absolute Gasteiger partial charge is 0.413 e. The zero-order valence-electron chi connectivity index (χ0n) is 18.1. The lowest BCUT2D eigenvalue weighted by atomic mass is 9.98. The predicted octanol–water partition coefficient (Wildman–Crippen LogP) is 3.84. The lowest BCUT2D eigenvalue weighted by molar-refractivity contribution is -0.150. The van der Waals surface area contributed by atoms with Gasteiger partial charge in [-0.15, -0.1) is 0 Å². The molecule has 1 unspecified atom stereocenters. The standard InChI is InChI=1S/C21H31NO7/c1-12(2)10-15-17(19(23)24)28-18(22(15)20(25)29-21(3,4)5)14-9-8-13(26-6)11-16(14)27-7/h8-9,11-12,15,17-18H,10H2,1-7H3,(H,23,24)/t15-,17-,18?/m1/s1. The molecule has 1 saturated heterocycles. The highest BCUT2D eigenvalue weighted by Crippen LogP contribution is 2.42. The average molecular weight is 409 g/mol. The van der Waals surface area contributed by atoms with E-state index in [1.807, 2.05) is 13.8 Å². The molecule has 1 aromatic rings. The number of benzene rings is 1. The molecule has 3 atom stereocenters. The third-order valence-electron chi connectivity index (χ3n) is 4.50. The molecule has 1 aliphatic heterocycles. The van der Waals surface area contributed by atoms with Crippen molar-refractivity contribution in [3.05, 3.63) is 23.8 Å². The van der Waals surface area contributed by atoms with E-state index in [2.05, 4.69) is 0 Å². The number of hydrogen-bond acceptors (Lipinski definition) is 6. The van der Waals surface area contributed by atoms with Gasteiger partial charge in [-0.05, 0) is 45.2 Å². The molecule has 0 radical (unpaired) electrons. The fourth-order valence-electron chi connectivity index (χ4n) is 3.35. The Bertz CT molecular complexity index is 741. The Hall–Kier alpha value is -2.48. The van der Waals surface area contributed by atoms with Gasteiger partial charge in [0.2, 0.25) is 0 Å². The molecular formula is C21H31NO7. The second-order valence-electron chi connectivity index (χ2n) is 8.44. The highest BCUT2D eigenvalue weighted by molar-refractivity contribution is 5.77. The zero-order valence-corrected chi connectivity index (χ0v) is 18.1. The summed E-state index contributed by atoms with van der Waals surface area (Å²) < 4.78 is 22.2. The molecule has 29 heavy (non-hydrogen) atoms. The topological polar surface area (TPSA) is 94.5 Å². The monoisotopic (exact) mass is 409 g/mol. The molecule has 8 nitrogen and oxygen atoms in total. The molecule has 8 heteroatoms. The second-order valence-corrected chi connectivity index (χ2v) is 8.44. The van der Waals surface area contributed by atoms with Crippen LogP contribution in [0.4, 0.5) is 4.79 Å². The van der Waals surface area contributed by atoms with Crippen LogP contribution in [-0.2, 0) is 14.3 Å². The van der Waals surface area contributed by atoms with Gasteiger partial charge in [-0.1, -0.05) is 13.8 Å². The number of ether oxygens (including phenoxy) is 4. The Balaban J connectivity index is 2.55. The summed E-state index contributed by atoms with van der Waals surface area (Å²) in [7, 11) is 3.03. The molecule has 0 aliphatic carbocycles. The molecule has 162 valence electrons. The minimum Gasteiger partial charge on any atom is -0.497 e. The van der Waals surface area contributed by atoms with Gasteiger partial charge >= 0.3 is 12.1 Å². The summed E-state index contributed by atoms with van der Waals surface area (Å²) in [6.45, 7) is 9.21. The lowest BCUT2D eigenvalue weighted by Crippen LogP contribution is -2.45. The molecule has 1 N–H and O–H groups in total. The van der Waals surface area contributed by atoms with Crippen molar-refractivity contribution < 1.29 is 33.6 Å². The summed E-state index contributed by atoms with van der Waals surface area (Å²) in [6, 6.07) is 4.40. The summed E-state index contributed by atoms with van der Waals surface area (Å²) in [6.07, 6.45) is -2.32. The van der Waals surface area contributed by atoms with Crippen LogP contribution in [-0.4, -0.2) is 54.0 Å². The molecule has 0 bridgehead atoms. The van der Waals surface area contributed by atoms with Crippen LogP contribution in [0.5, 0.6) is 11.5 Å². The van der Waals surface area contributed by atoms with Crippen molar-refractivity contribution in [3.8, 4) is 11.5 Å². The number of amides is 1. The van der Waals surface area contributed by atoms with Crippen molar-refractivity contribution in [3.63, 3.8) is 0 Å². The van der Waals surface area contributed by atoms with Crippen molar-refractivity contribution in [2.24, 2.45) is 5.92 Å². The highest BCUT2D eigenvalue weighted by atomic mass is 16.6.